The first kappa shape index (κ1) is 24.1. The first-order valence-electron chi connectivity index (χ1n) is 7.59. The molecule has 0 bridgehead atoms. The minimum absolute atomic E-state index is 0.123. The minimum atomic E-state index is -1.91. The Morgan fingerprint density at radius 2 is 1.32 bits per heavy atom. The van der Waals surface area contributed by atoms with Crippen LogP contribution in [0.25, 0.3) is 12.2 Å². The van der Waals surface area contributed by atoms with Gasteiger partial charge in [0.1, 0.15) is 0 Å². The van der Waals surface area contributed by atoms with Gasteiger partial charge in [-0.25, -0.2) is 0 Å². The predicted molar refractivity (Wildman–Crippen MR) is 120 cm³/mol. The van der Waals surface area contributed by atoms with Crippen LogP contribution in [0, 0.1) is 3.57 Å². The van der Waals surface area contributed by atoms with Gasteiger partial charge in [-0.2, -0.15) is 0 Å². The number of amidine groups is 2. The summed E-state index contributed by atoms with van der Waals surface area (Å²) in [7, 11) is 0. The molecule has 0 atom stereocenters. The van der Waals surface area contributed by atoms with Crippen molar-refractivity contribution in [1.82, 2.24) is 0 Å². The number of rotatable bonds is 4. The Bertz CT molecular complexity index is 869. The van der Waals surface area contributed by atoms with Gasteiger partial charge in [0.15, 0.2) is 0 Å². The molecule has 0 amide bonds. The van der Waals surface area contributed by atoms with Crippen molar-refractivity contribution < 1.29 is 21.5 Å². The van der Waals surface area contributed by atoms with Gasteiger partial charge in [0, 0.05) is 0 Å². The van der Waals surface area contributed by atoms with E-state index in [1.807, 2.05) is 66.7 Å². The molecule has 0 unspecified atom stereocenters. The van der Waals surface area contributed by atoms with Crippen molar-refractivity contribution >= 4 is 93.4 Å². The molecule has 150 valence electrons. The van der Waals surface area contributed by atoms with Gasteiger partial charge in [-0.3, -0.25) is 0 Å². The average Bonchev–Trinajstić information content (AvgIpc) is 2.63. The normalized spacial score (nSPS) is 14.1. The van der Waals surface area contributed by atoms with Gasteiger partial charge in [0.05, 0.1) is 0 Å². The molecule has 2 aromatic carbocycles. The van der Waals surface area contributed by atoms with Crippen LogP contribution in [0.1, 0.15) is 11.1 Å². The number of hydrogen-bond acceptors (Lipinski definition) is 1. The zero-order chi connectivity index (χ0) is 20.8. The topological polar surface area (TPSA) is 50.7 Å². The molecular weight excluding hydrogens is 598 g/mol. The fraction of sp³-hybridized carbons (Fsp3) is 0.111. The molecule has 0 radical (unpaired) electrons. The number of alkyl halides is 6. The first-order valence-corrected chi connectivity index (χ1v) is 11.9. The van der Waals surface area contributed by atoms with Crippen molar-refractivity contribution in [1.29, 1.82) is 0 Å². The molecule has 0 aliphatic carbocycles. The summed E-state index contributed by atoms with van der Waals surface area (Å²) in [6.07, 6.45) is 4.07. The predicted octanol–water partition coefficient (Wildman–Crippen LogP) is 3.53. The SMILES string of the molecule is NC(=NC(=N[I-]c1ccc(/C=C\c2ccccc2)cc1)C(Cl)(Cl)Cl)C(Cl)(Cl)Cl. The van der Waals surface area contributed by atoms with Crippen molar-refractivity contribution in [2.24, 2.45) is 13.9 Å². The summed E-state index contributed by atoms with van der Waals surface area (Å²) in [5.74, 6) is -0.449. The van der Waals surface area contributed by atoms with Gasteiger partial charge in [-0.05, 0) is 0 Å². The molecule has 0 aliphatic rings. The van der Waals surface area contributed by atoms with Crippen LogP contribution in [0.15, 0.2) is 62.8 Å². The zero-order valence-electron chi connectivity index (χ0n) is 14.0. The number of nitrogens with two attached hydrogens (primary N) is 1. The fourth-order valence-corrected chi connectivity index (χ4v) is 4.25. The average molecular weight is 611 g/mol. The van der Waals surface area contributed by atoms with Crippen LogP contribution in [-0.4, -0.2) is 19.3 Å². The molecule has 0 fully saturated rings. The van der Waals surface area contributed by atoms with Gasteiger partial charge in [0.25, 0.3) is 0 Å². The van der Waals surface area contributed by atoms with Crippen LogP contribution in [0.2, 0.25) is 0 Å². The second-order valence-corrected chi connectivity index (χ2v) is 12.1. The Hall–Kier alpha value is -0.210. The van der Waals surface area contributed by atoms with Crippen LogP contribution in [0.3, 0.4) is 0 Å². The van der Waals surface area contributed by atoms with E-state index in [-0.39, 0.29) is 11.7 Å². The molecule has 0 aliphatic heterocycles. The van der Waals surface area contributed by atoms with Gasteiger partial charge < -0.3 is 0 Å². The third-order valence-electron chi connectivity index (χ3n) is 3.13. The zero-order valence-corrected chi connectivity index (χ0v) is 20.7. The summed E-state index contributed by atoms with van der Waals surface area (Å²) in [5.41, 5.74) is 7.80. The molecule has 3 nitrogen and oxygen atoms in total. The second kappa shape index (κ2) is 10.7. The van der Waals surface area contributed by atoms with E-state index in [1.165, 1.54) is 0 Å². The van der Waals surface area contributed by atoms with E-state index in [2.05, 4.69) is 8.20 Å². The van der Waals surface area contributed by atoms with Crippen molar-refractivity contribution in [2.45, 2.75) is 7.59 Å². The molecule has 2 rings (SSSR count). The number of aliphatic imine (C=N–C) groups is 1. The van der Waals surface area contributed by atoms with E-state index in [0.29, 0.717) is 0 Å². The third kappa shape index (κ3) is 8.27. The summed E-state index contributed by atoms with van der Waals surface area (Å²) in [6.45, 7) is 0. The summed E-state index contributed by atoms with van der Waals surface area (Å²) < 4.78 is 1.50. The Morgan fingerprint density at radius 1 is 0.786 bits per heavy atom. The van der Waals surface area contributed by atoms with Crippen molar-refractivity contribution in [3.05, 3.63) is 69.3 Å². The van der Waals surface area contributed by atoms with Crippen molar-refractivity contribution in [2.75, 3.05) is 0 Å². The van der Waals surface area contributed by atoms with E-state index in [4.69, 9.17) is 75.3 Å². The number of benzene rings is 2. The Kier molecular flexibility index (Phi) is 9.20. The van der Waals surface area contributed by atoms with Crippen LogP contribution < -0.4 is 27.2 Å². The van der Waals surface area contributed by atoms with E-state index in [0.717, 1.165) is 14.7 Å². The molecule has 0 saturated heterocycles. The standard InChI is InChI=1S/C18H13Cl6IN3/c19-17(20,21)15(26)27-16(18(22,23)24)28-25-14-10-8-13(9-11-14)7-6-12-4-2-1-3-5-12/h1-11H,(H2,26,27,28)/q-1/b7-6-. The summed E-state index contributed by atoms with van der Waals surface area (Å²) in [4.78, 5) is 3.88. The molecule has 0 saturated carbocycles. The Labute approximate surface area is 204 Å². The molecule has 0 spiro atoms. The van der Waals surface area contributed by atoms with Crippen LogP contribution >= 0.6 is 69.6 Å². The van der Waals surface area contributed by atoms with Crippen LogP contribution in [-0.2, 0) is 0 Å². The van der Waals surface area contributed by atoms with Crippen molar-refractivity contribution in [3.63, 3.8) is 0 Å². The van der Waals surface area contributed by atoms with E-state index < -0.39 is 29.1 Å². The van der Waals surface area contributed by atoms with Crippen molar-refractivity contribution in [3.8, 4) is 0 Å². The first-order chi connectivity index (χ1) is 13.1. The Morgan fingerprint density at radius 3 is 1.82 bits per heavy atom. The molecule has 28 heavy (non-hydrogen) atoms. The van der Waals surface area contributed by atoms with E-state index in [9.17, 15) is 0 Å². The van der Waals surface area contributed by atoms with Gasteiger partial charge in [-0.1, -0.05) is 0 Å². The molecule has 2 aromatic rings. The number of halogens is 7. The molecular formula is C18H13Cl6IN3-. The maximum absolute atomic E-state index is 5.90. The third-order valence-corrected chi connectivity index (χ3v) is 6.19. The van der Waals surface area contributed by atoms with Crippen LogP contribution in [0.4, 0.5) is 0 Å². The van der Waals surface area contributed by atoms with Gasteiger partial charge in [0.2, 0.25) is 0 Å². The van der Waals surface area contributed by atoms with Gasteiger partial charge in [-0.15, -0.1) is 0 Å². The molecule has 10 heteroatoms. The number of hydrogen-bond donors (Lipinski definition) is 1. The monoisotopic (exact) mass is 608 g/mol. The molecule has 0 heterocycles. The number of nitrogens with zero attached hydrogens (tertiary/aromatic N) is 2. The molecule has 2 N–H and O–H groups in total. The maximum atomic E-state index is 5.90. The summed E-state index contributed by atoms with van der Waals surface area (Å²) in [6, 6.07) is 17.9. The van der Waals surface area contributed by atoms with E-state index >= 15 is 0 Å². The van der Waals surface area contributed by atoms with E-state index in [1.54, 1.807) is 0 Å². The summed E-state index contributed by atoms with van der Waals surface area (Å²) in [5, 5.41) is 0. The Balaban J connectivity index is 2.13. The fourth-order valence-electron chi connectivity index (χ4n) is 1.78. The second-order valence-electron chi connectivity index (χ2n) is 5.28. The van der Waals surface area contributed by atoms with Gasteiger partial charge >= 0.3 is 206 Å². The molecule has 0 aromatic heterocycles. The quantitative estimate of drug-likeness (QED) is 0.186. The van der Waals surface area contributed by atoms with Crippen LogP contribution in [0.5, 0.6) is 0 Å². The summed E-state index contributed by atoms with van der Waals surface area (Å²) >= 11 is 33.8.